The average Bonchev–Trinajstić information content (AvgIpc) is 2.57. The summed E-state index contributed by atoms with van der Waals surface area (Å²) in [5.41, 5.74) is 3.56. The van der Waals surface area contributed by atoms with E-state index in [0.29, 0.717) is 0 Å². The van der Waals surface area contributed by atoms with Gasteiger partial charge in [0.15, 0.2) is 0 Å². The Hall–Kier alpha value is -2.38. The van der Waals surface area contributed by atoms with Crippen molar-refractivity contribution in [2.45, 2.75) is 33.2 Å². The Bertz CT molecular complexity index is 824. The van der Waals surface area contributed by atoms with Gasteiger partial charge in [0.25, 0.3) is 5.56 Å². The number of aryl methyl sites for hydroxylation is 1. The van der Waals surface area contributed by atoms with Gasteiger partial charge in [-0.05, 0) is 56.0 Å². The fraction of sp³-hybridized carbons (Fsp3) is 0.400. The van der Waals surface area contributed by atoms with Crippen LogP contribution in [0.5, 0.6) is 0 Å². The number of piperidine rings is 1. The molecule has 0 saturated carbocycles. The Labute approximate surface area is 142 Å². The highest BCUT2D eigenvalue weighted by Gasteiger charge is 2.18. The van der Waals surface area contributed by atoms with Crippen LogP contribution in [0.15, 0.2) is 35.1 Å². The van der Waals surface area contributed by atoms with Crippen molar-refractivity contribution >= 4 is 0 Å². The lowest BCUT2D eigenvalue weighted by atomic mass is 9.94. The Morgan fingerprint density at radius 1 is 1.25 bits per heavy atom. The third-order valence-corrected chi connectivity index (χ3v) is 4.86. The third-order valence-electron chi connectivity index (χ3n) is 4.86. The number of rotatable bonds is 3. The van der Waals surface area contributed by atoms with Gasteiger partial charge in [0.05, 0.1) is 0 Å². The SMILES string of the molecule is Cc1cc(-c2ccccc2CN2CCC(C)CC2)c(C#N)c(=O)[nH]1. The van der Waals surface area contributed by atoms with Crippen LogP contribution in [0.3, 0.4) is 0 Å². The van der Waals surface area contributed by atoms with Gasteiger partial charge in [0.1, 0.15) is 11.6 Å². The van der Waals surface area contributed by atoms with Crippen LogP contribution in [0.25, 0.3) is 11.1 Å². The van der Waals surface area contributed by atoms with E-state index >= 15 is 0 Å². The van der Waals surface area contributed by atoms with Gasteiger partial charge in [-0.2, -0.15) is 5.26 Å². The summed E-state index contributed by atoms with van der Waals surface area (Å²) in [6.45, 7) is 7.23. The highest BCUT2D eigenvalue weighted by Crippen LogP contribution is 2.28. The Balaban J connectivity index is 1.99. The number of nitrogens with one attached hydrogen (secondary N) is 1. The normalized spacial score (nSPS) is 16.0. The molecule has 3 rings (SSSR count). The van der Waals surface area contributed by atoms with Crippen molar-refractivity contribution in [1.82, 2.24) is 9.88 Å². The maximum Gasteiger partial charge on any atom is 0.266 e. The molecule has 1 aliphatic rings. The van der Waals surface area contributed by atoms with Crippen molar-refractivity contribution < 1.29 is 0 Å². The Morgan fingerprint density at radius 3 is 2.67 bits per heavy atom. The molecule has 0 aliphatic carbocycles. The van der Waals surface area contributed by atoms with Crippen molar-refractivity contribution in [2.75, 3.05) is 13.1 Å². The van der Waals surface area contributed by atoms with E-state index in [9.17, 15) is 10.1 Å². The van der Waals surface area contributed by atoms with Gasteiger partial charge in [-0.1, -0.05) is 31.2 Å². The van der Waals surface area contributed by atoms with E-state index in [1.807, 2.05) is 31.2 Å². The topological polar surface area (TPSA) is 59.9 Å². The number of pyridine rings is 1. The number of H-pyrrole nitrogens is 1. The zero-order valence-electron chi connectivity index (χ0n) is 14.3. The van der Waals surface area contributed by atoms with E-state index < -0.39 is 0 Å². The standard InChI is InChI=1S/C20H23N3O/c1-14-7-9-23(10-8-14)13-16-5-3-4-6-17(16)18-11-15(2)22-20(24)19(18)12-21/h3-6,11,14H,7-10,13H2,1-2H3,(H,22,24). The van der Waals surface area contributed by atoms with E-state index in [1.54, 1.807) is 0 Å². The Morgan fingerprint density at radius 2 is 1.96 bits per heavy atom. The fourth-order valence-electron chi connectivity index (χ4n) is 3.39. The fourth-order valence-corrected chi connectivity index (χ4v) is 3.39. The van der Waals surface area contributed by atoms with Crippen LogP contribution in [-0.4, -0.2) is 23.0 Å². The summed E-state index contributed by atoms with van der Waals surface area (Å²) in [6, 6.07) is 12.1. The highest BCUT2D eigenvalue weighted by molar-refractivity contribution is 5.73. The smallest absolute Gasteiger partial charge is 0.266 e. The number of likely N-dealkylation sites (tertiary alicyclic amines) is 1. The average molecular weight is 321 g/mol. The summed E-state index contributed by atoms with van der Waals surface area (Å²) in [4.78, 5) is 17.3. The summed E-state index contributed by atoms with van der Waals surface area (Å²) in [7, 11) is 0. The minimum absolute atomic E-state index is 0.195. The molecule has 1 aromatic heterocycles. The zero-order chi connectivity index (χ0) is 17.1. The number of benzene rings is 1. The molecule has 0 bridgehead atoms. The van der Waals surface area contributed by atoms with Gasteiger partial charge < -0.3 is 4.98 Å². The predicted molar refractivity (Wildman–Crippen MR) is 95.6 cm³/mol. The lowest BCUT2D eigenvalue weighted by Gasteiger charge is -2.30. The molecule has 2 aromatic rings. The molecular weight excluding hydrogens is 298 g/mol. The van der Waals surface area contributed by atoms with Crippen LogP contribution >= 0.6 is 0 Å². The second-order valence-corrected chi connectivity index (χ2v) is 6.80. The largest absolute Gasteiger partial charge is 0.325 e. The van der Waals surface area contributed by atoms with Crippen molar-refractivity contribution in [3.8, 4) is 17.2 Å². The number of aromatic amines is 1. The summed E-state index contributed by atoms with van der Waals surface area (Å²) in [5, 5.41) is 9.41. The van der Waals surface area contributed by atoms with Crippen molar-refractivity contribution in [3.05, 3.63) is 57.5 Å². The number of nitrogens with zero attached hydrogens (tertiary/aromatic N) is 2. The molecule has 1 N–H and O–H groups in total. The van der Waals surface area contributed by atoms with Gasteiger partial charge in [0, 0.05) is 17.8 Å². The molecule has 1 saturated heterocycles. The van der Waals surface area contributed by atoms with Crippen LogP contribution in [0.2, 0.25) is 0 Å². The van der Waals surface area contributed by atoms with Crippen LogP contribution < -0.4 is 5.56 Å². The quantitative estimate of drug-likeness (QED) is 0.942. The molecule has 0 radical (unpaired) electrons. The van der Waals surface area contributed by atoms with Crippen LogP contribution in [0.1, 0.15) is 36.6 Å². The van der Waals surface area contributed by atoms with E-state index in [2.05, 4.69) is 28.9 Å². The molecule has 4 heteroatoms. The van der Waals surface area contributed by atoms with Crippen molar-refractivity contribution in [3.63, 3.8) is 0 Å². The number of hydrogen-bond donors (Lipinski definition) is 1. The van der Waals surface area contributed by atoms with E-state index in [-0.39, 0.29) is 11.1 Å². The molecule has 0 spiro atoms. The minimum Gasteiger partial charge on any atom is -0.325 e. The second-order valence-electron chi connectivity index (χ2n) is 6.80. The van der Waals surface area contributed by atoms with Crippen molar-refractivity contribution in [2.24, 2.45) is 5.92 Å². The maximum absolute atomic E-state index is 12.1. The summed E-state index contributed by atoms with van der Waals surface area (Å²) in [5.74, 6) is 0.803. The van der Waals surface area contributed by atoms with Gasteiger partial charge in [0.2, 0.25) is 0 Å². The molecule has 0 atom stereocenters. The first-order chi connectivity index (χ1) is 11.6. The molecular formula is C20H23N3O. The van der Waals surface area contributed by atoms with Gasteiger partial charge in [-0.3, -0.25) is 9.69 Å². The zero-order valence-corrected chi connectivity index (χ0v) is 14.3. The molecule has 24 heavy (non-hydrogen) atoms. The molecule has 0 amide bonds. The van der Waals surface area contributed by atoms with Crippen molar-refractivity contribution in [1.29, 1.82) is 5.26 Å². The van der Waals surface area contributed by atoms with Crippen LogP contribution in [0.4, 0.5) is 0 Å². The summed E-state index contributed by atoms with van der Waals surface area (Å²) >= 11 is 0. The number of hydrogen-bond acceptors (Lipinski definition) is 3. The first-order valence-electron chi connectivity index (χ1n) is 8.53. The lowest BCUT2D eigenvalue weighted by Crippen LogP contribution is -2.32. The lowest BCUT2D eigenvalue weighted by molar-refractivity contribution is 0.185. The molecule has 1 aromatic carbocycles. The number of nitriles is 1. The highest BCUT2D eigenvalue weighted by atomic mass is 16.1. The molecule has 2 heterocycles. The summed E-state index contributed by atoms with van der Waals surface area (Å²) < 4.78 is 0. The molecule has 0 unspecified atom stereocenters. The molecule has 1 aliphatic heterocycles. The summed E-state index contributed by atoms with van der Waals surface area (Å²) in [6.07, 6.45) is 2.46. The first-order valence-corrected chi connectivity index (χ1v) is 8.53. The monoisotopic (exact) mass is 321 g/mol. The van der Waals surface area contributed by atoms with Crippen LogP contribution in [-0.2, 0) is 6.54 Å². The van der Waals surface area contributed by atoms with Gasteiger partial charge in [-0.25, -0.2) is 0 Å². The molecule has 4 nitrogen and oxygen atoms in total. The van der Waals surface area contributed by atoms with E-state index in [1.165, 1.54) is 18.4 Å². The van der Waals surface area contributed by atoms with E-state index in [4.69, 9.17) is 0 Å². The van der Waals surface area contributed by atoms with Gasteiger partial charge in [-0.15, -0.1) is 0 Å². The second kappa shape index (κ2) is 7.02. The Kier molecular flexibility index (Phi) is 4.82. The molecule has 1 fully saturated rings. The number of aromatic nitrogens is 1. The predicted octanol–water partition coefficient (Wildman–Crippen LogP) is 3.45. The third kappa shape index (κ3) is 3.42. The minimum atomic E-state index is -0.311. The van der Waals surface area contributed by atoms with E-state index in [0.717, 1.165) is 42.4 Å². The molecule has 124 valence electrons. The van der Waals surface area contributed by atoms with Gasteiger partial charge >= 0.3 is 0 Å². The maximum atomic E-state index is 12.1. The van der Waals surface area contributed by atoms with Crippen LogP contribution in [0, 0.1) is 24.2 Å². The first kappa shape index (κ1) is 16.5.